The summed E-state index contributed by atoms with van der Waals surface area (Å²) >= 11 is 0. The van der Waals surface area contributed by atoms with Gasteiger partial charge in [-0.2, -0.15) is 0 Å². The zero-order chi connectivity index (χ0) is 8.32. The second-order valence-corrected chi connectivity index (χ2v) is 3.90. The highest BCUT2D eigenvalue weighted by molar-refractivity contribution is 4.94. The van der Waals surface area contributed by atoms with Gasteiger partial charge in [-0.25, -0.2) is 0 Å². The molecule has 1 aliphatic rings. The van der Waals surface area contributed by atoms with E-state index in [0.29, 0.717) is 5.54 Å². The Morgan fingerprint density at radius 1 is 1.45 bits per heavy atom. The van der Waals surface area contributed by atoms with Crippen LogP contribution in [0, 0.1) is 5.92 Å². The number of likely N-dealkylation sites (N-methyl/N-ethyl adjacent to an activating group) is 1. The van der Waals surface area contributed by atoms with Crippen molar-refractivity contribution in [1.29, 1.82) is 0 Å². The second-order valence-electron chi connectivity index (χ2n) is 3.90. The Kier molecular flexibility index (Phi) is 2.90. The molecule has 11 heavy (non-hydrogen) atoms. The minimum atomic E-state index is 0.322. The van der Waals surface area contributed by atoms with E-state index in [-0.39, 0.29) is 0 Å². The lowest BCUT2D eigenvalue weighted by molar-refractivity contribution is -0.0826. The van der Waals surface area contributed by atoms with Crippen LogP contribution in [0.2, 0.25) is 0 Å². The molecule has 2 nitrogen and oxygen atoms in total. The van der Waals surface area contributed by atoms with E-state index in [1.165, 1.54) is 6.42 Å². The fourth-order valence-corrected chi connectivity index (χ4v) is 1.80. The summed E-state index contributed by atoms with van der Waals surface area (Å²) < 4.78 is 5.23. The number of rotatable bonds is 4. The lowest BCUT2D eigenvalue weighted by Gasteiger charge is -2.43. The van der Waals surface area contributed by atoms with Crippen molar-refractivity contribution in [3.63, 3.8) is 0 Å². The van der Waals surface area contributed by atoms with Gasteiger partial charge in [0.1, 0.15) is 0 Å². The van der Waals surface area contributed by atoms with E-state index in [9.17, 15) is 0 Å². The van der Waals surface area contributed by atoms with Gasteiger partial charge in [0.15, 0.2) is 0 Å². The van der Waals surface area contributed by atoms with Crippen LogP contribution in [-0.2, 0) is 4.74 Å². The maximum atomic E-state index is 5.23. The third kappa shape index (κ3) is 2.17. The SMILES string of the molecule is CCNC1(CC(C)C)COC1. The Morgan fingerprint density at radius 3 is 2.36 bits per heavy atom. The van der Waals surface area contributed by atoms with Crippen molar-refractivity contribution >= 4 is 0 Å². The predicted octanol–water partition coefficient (Wildman–Crippen LogP) is 1.41. The normalized spacial score (nSPS) is 21.8. The van der Waals surface area contributed by atoms with Crippen LogP contribution >= 0.6 is 0 Å². The van der Waals surface area contributed by atoms with Crippen LogP contribution in [0.5, 0.6) is 0 Å². The van der Waals surface area contributed by atoms with Gasteiger partial charge in [0.2, 0.25) is 0 Å². The molecule has 0 aliphatic carbocycles. The van der Waals surface area contributed by atoms with Gasteiger partial charge < -0.3 is 10.1 Å². The van der Waals surface area contributed by atoms with Crippen LogP contribution in [0.25, 0.3) is 0 Å². The first-order chi connectivity index (χ1) is 5.18. The van der Waals surface area contributed by atoms with Crippen LogP contribution in [0.4, 0.5) is 0 Å². The van der Waals surface area contributed by atoms with E-state index < -0.39 is 0 Å². The van der Waals surface area contributed by atoms with E-state index in [4.69, 9.17) is 4.74 Å². The monoisotopic (exact) mass is 157 g/mol. The van der Waals surface area contributed by atoms with Gasteiger partial charge in [-0.3, -0.25) is 0 Å². The molecule has 66 valence electrons. The molecule has 0 radical (unpaired) electrons. The molecule has 0 aromatic heterocycles. The van der Waals surface area contributed by atoms with Gasteiger partial charge >= 0.3 is 0 Å². The molecule has 1 rings (SSSR count). The van der Waals surface area contributed by atoms with Gasteiger partial charge in [-0.1, -0.05) is 20.8 Å². The Balaban J connectivity index is 2.33. The second kappa shape index (κ2) is 3.55. The summed E-state index contributed by atoms with van der Waals surface area (Å²) in [6.45, 7) is 9.53. The van der Waals surface area contributed by atoms with Crippen molar-refractivity contribution in [1.82, 2.24) is 5.32 Å². The summed E-state index contributed by atoms with van der Waals surface area (Å²) in [5.74, 6) is 0.762. The maximum Gasteiger partial charge on any atom is 0.0672 e. The molecule has 1 aliphatic heterocycles. The van der Waals surface area contributed by atoms with Crippen molar-refractivity contribution in [2.45, 2.75) is 32.7 Å². The molecule has 1 saturated heterocycles. The highest BCUT2D eigenvalue weighted by Gasteiger charge is 2.37. The van der Waals surface area contributed by atoms with E-state index in [1.54, 1.807) is 0 Å². The number of nitrogens with one attached hydrogen (secondary N) is 1. The minimum absolute atomic E-state index is 0.322. The van der Waals surface area contributed by atoms with Gasteiger partial charge in [0.25, 0.3) is 0 Å². The van der Waals surface area contributed by atoms with Crippen molar-refractivity contribution in [2.24, 2.45) is 5.92 Å². The molecule has 0 spiro atoms. The fraction of sp³-hybridized carbons (Fsp3) is 1.00. The summed E-state index contributed by atoms with van der Waals surface area (Å²) in [6, 6.07) is 0. The number of hydrogen-bond acceptors (Lipinski definition) is 2. The Morgan fingerprint density at radius 2 is 2.09 bits per heavy atom. The fourth-order valence-electron chi connectivity index (χ4n) is 1.80. The van der Waals surface area contributed by atoms with Crippen molar-refractivity contribution in [3.8, 4) is 0 Å². The van der Waals surface area contributed by atoms with Crippen molar-refractivity contribution < 1.29 is 4.74 Å². The Bertz CT molecular complexity index is 119. The van der Waals surface area contributed by atoms with Crippen LogP contribution in [-0.4, -0.2) is 25.3 Å². The van der Waals surface area contributed by atoms with Gasteiger partial charge in [-0.05, 0) is 18.9 Å². The lowest BCUT2D eigenvalue weighted by Crippen LogP contribution is -2.60. The summed E-state index contributed by atoms with van der Waals surface area (Å²) in [4.78, 5) is 0. The average molecular weight is 157 g/mol. The summed E-state index contributed by atoms with van der Waals surface area (Å²) in [6.07, 6.45) is 1.24. The van der Waals surface area contributed by atoms with Gasteiger partial charge in [-0.15, -0.1) is 0 Å². The molecule has 0 amide bonds. The smallest absolute Gasteiger partial charge is 0.0672 e. The van der Waals surface area contributed by atoms with E-state index >= 15 is 0 Å². The first kappa shape index (κ1) is 9.01. The average Bonchev–Trinajstić information content (AvgIpc) is 1.82. The first-order valence-corrected chi connectivity index (χ1v) is 4.51. The zero-order valence-corrected chi connectivity index (χ0v) is 7.81. The van der Waals surface area contributed by atoms with Crippen LogP contribution in [0.3, 0.4) is 0 Å². The Hall–Kier alpha value is -0.0800. The summed E-state index contributed by atoms with van der Waals surface area (Å²) in [5.41, 5.74) is 0.322. The molecule has 1 fully saturated rings. The summed E-state index contributed by atoms with van der Waals surface area (Å²) in [5, 5.41) is 3.50. The molecule has 0 aromatic carbocycles. The lowest BCUT2D eigenvalue weighted by atomic mass is 9.87. The quantitative estimate of drug-likeness (QED) is 0.666. The maximum absolute atomic E-state index is 5.23. The number of ether oxygens (including phenoxy) is 1. The third-order valence-electron chi connectivity index (χ3n) is 2.11. The van der Waals surface area contributed by atoms with Crippen molar-refractivity contribution in [3.05, 3.63) is 0 Å². The largest absolute Gasteiger partial charge is 0.377 e. The molecule has 1 N–H and O–H groups in total. The molecule has 2 heteroatoms. The molecule has 0 aromatic rings. The van der Waals surface area contributed by atoms with Crippen molar-refractivity contribution in [2.75, 3.05) is 19.8 Å². The van der Waals surface area contributed by atoms with Crippen LogP contribution < -0.4 is 5.32 Å². The molecule has 0 saturated carbocycles. The molecular weight excluding hydrogens is 138 g/mol. The number of hydrogen-bond donors (Lipinski definition) is 1. The van der Waals surface area contributed by atoms with E-state index in [0.717, 1.165) is 25.7 Å². The van der Waals surface area contributed by atoms with Gasteiger partial charge in [0, 0.05) is 0 Å². The van der Waals surface area contributed by atoms with Crippen LogP contribution in [0.15, 0.2) is 0 Å². The predicted molar refractivity (Wildman–Crippen MR) is 46.7 cm³/mol. The topological polar surface area (TPSA) is 21.3 Å². The third-order valence-corrected chi connectivity index (χ3v) is 2.11. The Labute approximate surface area is 69.3 Å². The molecular formula is C9H19NO. The van der Waals surface area contributed by atoms with E-state index in [1.807, 2.05) is 0 Å². The standard InChI is InChI=1S/C9H19NO/c1-4-10-9(5-8(2)3)6-11-7-9/h8,10H,4-7H2,1-3H3. The summed E-state index contributed by atoms with van der Waals surface area (Å²) in [7, 11) is 0. The molecule has 1 heterocycles. The first-order valence-electron chi connectivity index (χ1n) is 4.51. The zero-order valence-electron chi connectivity index (χ0n) is 7.81. The molecule has 0 bridgehead atoms. The molecule has 0 atom stereocenters. The van der Waals surface area contributed by atoms with Gasteiger partial charge in [0.05, 0.1) is 18.8 Å². The van der Waals surface area contributed by atoms with E-state index in [2.05, 4.69) is 26.1 Å². The highest BCUT2D eigenvalue weighted by atomic mass is 16.5. The van der Waals surface area contributed by atoms with Crippen LogP contribution in [0.1, 0.15) is 27.2 Å². The minimum Gasteiger partial charge on any atom is -0.377 e. The highest BCUT2D eigenvalue weighted by Crippen LogP contribution is 2.24. The molecule has 0 unspecified atom stereocenters.